The summed E-state index contributed by atoms with van der Waals surface area (Å²) < 4.78 is 0. The number of aromatic nitrogens is 3. The number of Topliss-reactive ketones (excluding diaryl/α,β-unsaturated/α-hetero) is 1. The summed E-state index contributed by atoms with van der Waals surface area (Å²) in [6, 6.07) is 24.2. The van der Waals surface area contributed by atoms with Crippen molar-refractivity contribution >= 4 is 16.7 Å². The van der Waals surface area contributed by atoms with Crippen LogP contribution < -0.4 is 5.32 Å². The Bertz CT molecular complexity index is 1410. The summed E-state index contributed by atoms with van der Waals surface area (Å²) >= 11 is 0. The first-order valence-corrected chi connectivity index (χ1v) is 11.6. The highest BCUT2D eigenvalue weighted by atomic mass is 16.1. The molecule has 0 saturated carbocycles. The molecule has 0 bridgehead atoms. The number of imidazole rings is 1. The fourth-order valence-corrected chi connectivity index (χ4v) is 4.34. The number of hydrogen-bond donors (Lipinski definition) is 3. The number of nitrogens with zero attached hydrogens (tertiary/aromatic N) is 1. The Labute approximate surface area is 199 Å². The third-order valence-corrected chi connectivity index (χ3v) is 6.24. The molecule has 0 aliphatic carbocycles. The van der Waals surface area contributed by atoms with Crippen LogP contribution >= 0.6 is 0 Å². The Morgan fingerprint density at radius 1 is 1.00 bits per heavy atom. The van der Waals surface area contributed by atoms with Crippen LogP contribution in [0.5, 0.6) is 0 Å². The van der Waals surface area contributed by atoms with Crippen molar-refractivity contribution in [3.05, 3.63) is 113 Å². The van der Waals surface area contributed by atoms with E-state index < -0.39 is 6.04 Å². The molecule has 0 aliphatic rings. The summed E-state index contributed by atoms with van der Waals surface area (Å²) in [5.41, 5.74) is 7.09. The minimum Gasteiger partial charge on any atom is -0.360 e. The summed E-state index contributed by atoms with van der Waals surface area (Å²) in [4.78, 5) is 24.6. The van der Waals surface area contributed by atoms with E-state index in [1.54, 1.807) is 0 Å². The zero-order valence-corrected chi connectivity index (χ0v) is 19.4. The highest BCUT2D eigenvalue weighted by Gasteiger charge is 2.24. The lowest BCUT2D eigenvalue weighted by Gasteiger charge is -2.18. The second-order valence-electron chi connectivity index (χ2n) is 8.74. The number of H-pyrrole nitrogens is 2. The van der Waals surface area contributed by atoms with Gasteiger partial charge in [-0.1, -0.05) is 72.3 Å². The Morgan fingerprint density at radius 3 is 2.53 bits per heavy atom. The summed E-state index contributed by atoms with van der Waals surface area (Å²) in [6.45, 7) is 4.73. The molecule has 170 valence electrons. The Hall–Kier alpha value is -3.96. The molecule has 5 heteroatoms. The van der Waals surface area contributed by atoms with Gasteiger partial charge in [0.15, 0.2) is 5.78 Å². The molecule has 2 aromatic heterocycles. The molecule has 34 heavy (non-hydrogen) atoms. The number of hydrogen-bond acceptors (Lipinski definition) is 3. The topological polar surface area (TPSA) is 73.6 Å². The lowest BCUT2D eigenvalue weighted by molar-refractivity contribution is 0.0945. The number of ketones is 1. The van der Waals surface area contributed by atoms with Gasteiger partial charge >= 0.3 is 0 Å². The molecule has 3 N–H and O–H groups in total. The number of carbonyl (C=O) groups is 1. The molecule has 0 aliphatic heterocycles. The first-order chi connectivity index (χ1) is 16.6. The third-order valence-electron chi connectivity index (χ3n) is 6.24. The van der Waals surface area contributed by atoms with Crippen LogP contribution in [-0.2, 0) is 6.42 Å². The van der Waals surface area contributed by atoms with Crippen molar-refractivity contribution in [3.63, 3.8) is 0 Å². The fraction of sp³-hybridized carbons (Fsp3) is 0.172. The fourth-order valence-electron chi connectivity index (χ4n) is 4.34. The smallest absolute Gasteiger partial charge is 0.186 e. The van der Waals surface area contributed by atoms with Crippen LogP contribution in [0.4, 0.5) is 0 Å². The van der Waals surface area contributed by atoms with E-state index in [1.807, 2.05) is 61.8 Å². The van der Waals surface area contributed by atoms with E-state index in [2.05, 4.69) is 57.5 Å². The molecule has 0 fully saturated rings. The average Bonchev–Trinajstić information content (AvgIpc) is 3.49. The molecular formula is C29H28N4O. The molecule has 3 aromatic carbocycles. The van der Waals surface area contributed by atoms with E-state index in [9.17, 15) is 4.79 Å². The molecular weight excluding hydrogens is 420 g/mol. The van der Waals surface area contributed by atoms with Crippen molar-refractivity contribution in [3.8, 4) is 11.3 Å². The van der Waals surface area contributed by atoms with E-state index in [0.29, 0.717) is 12.1 Å². The van der Waals surface area contributed by atoms with Crippen molar-refractivity contribution in [2.24, 2.45) is 0 Å². The molecule has 0 amide bonds. The molecule has 5 nitrogen and oxygen atoms in total. The zero-order chi connectivity index (χ0) is 23.5. The minimum atomic E-state index is -0.416. The van der Waals surface area contributed by atoms with Crippen molar-refractivity contribution < 1.29 is 4.79 Å². The van der Waals surface area contributed by atoms with Gasteiger partial charge in [-0.15, -0.1) is 0 Å². The lowest BCUT2D eigenvalue weighted by atomic mass is 9.96. The molecule has 1 atom stereocenters. The second-order valence-corrected chi connectivity index (χ2v) is 8.74. The molecule has 5 aromatic rings. The first-order valence-electron chi connectivity index (χ1n) is 11.6. The highest BCUT2D eigenvalue weighted by molar-refractivity contribution is 6.11. The Balaban J connectivity index is 1.40. The van der Waals surface area contributed by atoms with Gasteiger partial charge in [0.2, 0.25) is 0 Å². The average molecular weight is 449 g/mol. The first kappa shape index (κ1) is 21.9. The Morgan fingerprint density at radius 2 is 1.79 bits per heavy atom. The number of aryl methyl sites for hydroxylation is 2. The number of benzene rings is 3. The largest absolute Gasteiger partial charge is 0.360 e. The van der Waals surface area contributed by atoms with Crippen molar-refractivity contribution in [1.29, 1.82) is 0 Å². The van der Waals surface area contributed by atoms with Crippen molar-refractivity contribution in [2.45, 2.75) is 26.3 Å². The molecule has 0 radical (unpaired) electrons. The maximum atomic E-state index is 13.8. The Kier molecular flexibility index (Phi) is 6.11. The van der Waals surface area contributed by atoms with Crippen LogP contribution in [-0.4, -0.2) is 27.3 Å². The van der Waals surface area contributed by atoms with Crippen LogP contribution in [0.1, 0.15) is 38.9 Å². The molecule has 2 heterocycles. The van der Waals surface area contributed by atoms with Gasteiger partial charge in [0.25, 0.3) is 0 Å². The highest BCUT2D eigenvalue weighted by Crippen LogP contribution is 2.28. The van der Waals surface area contributed by atoms with E-state index in [0.717, 1.165) is 40.0 Å². The summed E-state index contributed by atoms with van der Waals surface area (Å²) in [5.74, 6) is 0.936. The number of rotatable bonds is 8. The van der Waals surface area contributed by atoms with Gasteiger partial charge in [-0.05, 0) is 37.5 Å². The van der Waals surface area contributed by atoms with Crippen molar-refractivity contribution in [2.75, 3.05) is 6.54 Å². The lowest BCUT2D eigenvalue weighted by Crippen LogP contribution is -2.30. The molecule has 5 rings (SSSR count). The van der Waals surface area contributed by atoms with Crippen LogP contribution in [0.3, 0.4) is 0 Å². The van der Waals surface area contributed by atoms with Gasteiger partial charge in [0, 0.05) is 34.8 Å². The predicted octanol–water partition coefficient (Wildman–Crippen LogP) is 5.93. The monoisotopic (exact) mass is 448 g/mol. The maximum absolute atomic E-state index is 13.8. The predicted molar refractivity (Wildman–Crippen MR) is 137 cm³/mol. The standard InChI is InChI=1S/C29H28N4O/c1-19-8-10-21(11-9-19)14-15-30-28(22-6-4-3-5-7-22)29(34)25-17-32-26-16-23(12-13-24(25)26)27-18-31-20(2)33-27/h3-13,16-18,28,30,32H,14-15H2,1-2H3,(H,31,33)/t28-/m1/s1. The zero-order valence-electron chi connectivity index (χ0n) is 19.4. The molecule has 0 unspecified atom stereocenters. The van der Waals surface area contributed by atoms with Gasteiger partial charge in [-0.3, -0.25) is 4.79 Å². The van der Waals surface area contributed by atoms with E-state index in [4.69, 9.17) is 0 Å². The van der Waals surface area contributed by atoms with E-state index >= 15 is 0 Å². The van der Waals surface area contributed by atoms with Gasteiger partial charge in [0.05, 0.1) is 17.9 Å². The quantitative estimate of drug-likeness (QED) is 0.258. The number of fused-ring (bicyclic) bond motifs is 1. The second kappa shape index (κ2) is 9.49. The van der Waals surface area contributed by atoms with Gasteiger partial charge in [-0.25, -0.2) is 4.98 Å². The van der Waals surface area contributed by atoms with Crippen LogP contribution in [0.15, 0.2) is 85.2 Å². The SMILES string of the molecule is Cc1ccc(CCN[C@@H](C(=O)c2c[nH]c3cc(-c4cnc(C)[nH]4)ccc23)c2ccccc2)cc1. The van der Waals surface area contributed by atoms with Gasteiger partial charge < -0.3 is 15.3 Å². The normalized spacial score (nSPS) is 12.2. The van der Waals surface area contributed by atoms with Crippen LogP contribution in [0.25, 0.3) is 22.2 Å². The van der Waals surface area contributed by atoms with E-state index in [1.165, 1.54) is 11.1 Å². The summed E-state index contributed by atoms with van der Waals surface area (Å²) in [6.07, 6.45) is 4.51. The number of nitrogens with one attached hydrogen (secondary N) is 3. The van der Waals surface area contributed by atoms with Crippen LogP contribution in [0.2, 0.25) is 0 Å². The number of carbonyl (C=O) groups excluding carboxylic acids is 1. The van der Waals surface area contributed by atoms with Crippen LogP contribution in [0, 0.1) is 13.8 Å². The van der Waals surface area contributed by atoms with E-state index in [-0.39, 0.29) is 5.78 Å². The third kappa shape index (κ3) is 4.56. The summed E-state index contributed by atoms with van der Waals surface area (Å²) in [5, 5.41) is 4.44. The minimum absolute atomic E-state index is 0.0616. The molecule has 0 spiro atoms. The maximum Gasteiger partial charge on any atom is 0.186 e. The van der Waals surface area contributed by atoms with Gasteiger partial charge in [0.1, 0.15) is 5.82 Å². The molecule has 0 saturated heterocycles. The number of aromatic amines is 2. The van der Waals surface area contributed by atoms with Gasteiger partial charge in [-0.2, -0.15) is 0 Å². The summed E-state index contributed by atoms with van der Waals surface area (Å²) in [7, 11) is 0. The van der Waals surface area contributed by atoms with Crippen molar-refractivity contribution in [1.82, 2.24) is 20.3 Å².